The molecule has 0 radical (unpaired) electrons. The van der Waals surface area contributed by atoms with Crippen LogP contribution >= 0.6 is 0 Å². The number of hydrogen-bond donors (Lipinski definition) is 1. The van der Waals surface area contributed by atoms with Crippen LogP contribution in [-0.4, -0.2) is 6.04 Å². The number of rotatable bonds is 3. The van der Waals surface area contributed by atoms with Crippen LogP contribution in [0.4, 0.5) is 0 Å². The van der Waals surface area contributed by atoms with Gasteiger partial charge in [0.1, 0.15) is 0 Å². The Labute approximate surface area is 103 Å². The summed E-state index contributed by atoms with van der Waals surface area (Å²) in [4.78, 5) is 0. The zero-order valence-corrected chi connectivity index (χ0v) is 10.2. The lowest BCUT2D eigenvalue weighted by Gasteiger charge is -2.23. The van der Waals surface area contributed by atoms with E-state index >= 15 is 0 Å². The molecule has 1 N–H and O–H groups in total. The van der Waals surface area contributed by atoms with Crippen LogP contribution in [0.5, 0.6) is 0 Å². The highest BCUT2D eigenvalue weighted by Crippen LogP contribution is 2.17. The molecule has 2 rings (SSSR count). The largest absolute Gasteiger partial charge is 0.304 e. The maximum absolute atomic E-state index is 8.75. The summed E-state index contributed by atoms with van der Waals surface area (Å²) >= 11 is 0. The molecule has 0 aromatic heterocycles. The van der Waals surface area contributed by atoms with Gasteiger partial charge in [0.05, 0.1) is 11.6 Å². The van der Waals surface area contributed by atoms with Crippen molar-refractivity contribution in [2.24, 2.45) is 0 Å². The first-order valence-corrected chi connectivity index (χ1v) is 6.22. The van der Waals surface area contributed by atoms with E-state index in [9.17, 15) is 0 Å². The molecule has 1 aliphatic carbocycles. The molecule has 0 amide bonds. The molecule has 0 fully saturated rings. The van der Waals surface area contributed by atoms with E-state index in [1.54, 1.807) is 0 Å². The Morgan fingerprint density at radius 2 is 2.12 bits per heavy atom. The van der Waals surface area contributed by atoms with Crippen molar-refractivity contribution in [2.75, 3.05) is 0 Å². The van der Waals surface area contributed by atoms with Gasteiger partial charge in [-0.2, -0.15) is 5.26 Å². The minimum atomic E-state index is 0.329. The average molecular weight is 226 g/mol. The summed E-state index contributed by atoms with van der Waals surface area (Å²) in [6.45, 7) is 2.17. The second-order valence-corrected chi connectivity index (χ2v) is 4.59. The van der Waals surface area contributed by atoms with E-state index in [0.717, 1.165) is 5.56 Å². The molecular weight excluding hydrogens is 208 g/mol. The molecule has 0 bridgehead atoms. The number of nitrogens with zero attached hydrogens (tertiary/aromatic N) is 1. The van der Waals surface area contributed by atoms with Crippen molar-refractivity contribution in [3.8, 4) is 6.07 Å². The fourth-order valence-corrected chi connectivity index (χ4v) is 2.21. The minimum absolute atomic E-state index is 0.329. The lowest BCUT2D eigenvalue weighted by Crippen LogP contribution is -2.30. The Hall–Kier alpha value is -1.59. The van der Waals surface area contributed by atoms with Gasteiger partial charge in [-0.25, -0.2) is 0 Å². The molecule has 0 spiro atoms. The normalized spacial score (nSPS) is 20.8. The van der Waals surface area contributed by atoms with Crippen LogP contribution in [0.15, 0.2) is 36.4 Å². The van der Waals surface area contributed by atoms with Crippen molar-refractivity contribution in [2.45, 2.75) is 38.3 Å². The lowest BCUT2D eigenvalue weighted by atomic mass is 10.00. The van der Waals surface area contributed by atoms with Crippen LogP contribution in [0.1, 0.15) is 43.4 Å². The van der Waals surface area contributed by atoms with Crippen molar-refractivity contribution in [3.63, 3.8) is 0 Å². The quantitative estimate of drug-likeness (QED) is 0.802. The highest BCUT2D eigenvalue weighted by atomic mass is 14.9. The summed E-state index contributed by atoms with van der Waals surface area (Å²) in [5.41, 5.74) is 1.96. The predicted octanol–water partition coefficient (Wildman–Crippen LogP) is 3.32. The number of hydrogen-bond acceptors (Lipinski definition) is 2. The van der Waals surface area contributed by atoms with Crippen molar-refractivity contribution >= 4 is 0 Å². The second kappa shape index (κ2) is 5.65. The predicted molar refractivity (Wildman–Crippen MR) is 69.5 cm³/mol. The Kier molecular flexibility index (Phi) is 3.95. The monoisotopic (exact) mass is 226 g/mol. The summed E-state index contributed by atoms with van der Waals surface area (Å²) in [5, 5.41) is 12.4. The summed E-state index contributed by atoms with van der Waals surface area (Å²) < 4.78 is 0. The van der Waals surface area contributed by atoms with Crippen molar-refractivity contribution in [1.29, 1.82) is 5.26 Å². The number of benzene rings is 1. The lowest BCUT2D eigenvalue weighted by molar-refractivity contribution is 0.467. The van der Waals surface area contributed by atoms with Gasteiger partial charge in [0.2, 0.25) is 0 Å². The molecule has 2 heteroatoms. The van der Waals surface area contributed by atoms with E-state index in [-0.39, 0.29) is 0 Å². The van der Waals surface area contributed by atoms with Crippen LogP contribution < -0.4 is 5.32 Å². The fraction of sp³-hybridized carbons (Fsp3) is 0.400. The van der Waals surface area contributed by atoms with E-state index < -0.39 is 0 Å². The number of nitrogens with one attached hydrogen (secondary N) is 1. The van der Waals surface area contributed by atoms with Crippen LogP contribution in [0.25, 0.3) is 0 Å². The summed E-state index contributed by atoms with van der Waals surface area (Å²) in [6, 6.07) is 10.8. The third-order valence-corrected chi connectivity index (χ3v) is 3.26. The molecule has 2 nitrogen and oxygen atoms in total. The SMILES string of the molecule is CC(NC1C=CCCC1)c1ccc(C#N)cc1. The molecule has 2 atom stereocenters. The molecule has 1 aliphatic rings. The third-order valence-electron chi connectivity index (χ3n) is 3.26. The Balaban J connectivity index is 1.98. The van der Waals surface area contributed by atoms with Gasteiger partial charge in [-0.15, -0.1) is 0 Å². The summed E-state index contributed by atoms with van der Waals surface area (Å²) in [5.74, 6) is 0. The Morgan fingerprint density at radius 1 is 1.35 bits per heavy atom. The van der Waals surface area contributed by atoms with E-state index in [4.69, 9.17) is 5.26 Å². The van der Waals surface area contributed by atoms with Gasteiger partial charge in [0.25, 0.3) is 0 Å². The fourth-order valence-electron chi connectivity index (χ4n) is 2.21. The third kappa shape index (κ3) is 3.18. The van der Waals surface area contributed by atoms with Gasteiger partial charge in [0.15, 0.2) is 0 Å². The Bertz CT molecular complexity index is 425. The second-order valence-electron chi connectivity index (χ2n) is 4.59. The van der Waals surface area contributed by atoms with Crippen molar-refractivity contribution < 1.29 is 0 Å². The van der Waals surface area contributed by atoms with Crippen LogP contribution in [-0.2, 0) is 0 Å². The topological polar surface area (TPSA) is 35.8 Å². The van der Waals surface area contributed by atoms with Gasteiger partial charge < -0.3 is 5.32 Å². The van der Waals surface area contributed by atoms with E-state index in [0.29, 0.717) is 12.1 Å². The van der Waals surface area contributed by atoms with E-state index in [2.05, 4.69) is 30.5 Å². The maximum atomic E-state index is 8.75. The standard InChI is InChI=1S/C15H18N2/c1-12(17-15-5-3-2-4-6-15)14-9-7-13(11-16)8-10-14/h3,5,7-10,12,15,17H,2,4,6H2,1H3. The average Bonchev–Trinajstić information content (AvgIpc) is 2.40. The highest BCUT2D eigenvalue weighted by molar-refractivity contribution is 5.32. The Morgan fingerprint density at radius 3 is 2.71 bits per heavy atom. The highest BCUT2D eigenvalue weighted by Gasteiger charge is 2.12. The van der Waals surface area contributed by atoms with Gasteiger partial charge >= 0.3 is 0 Å². The minimum Gasteiger partial charge on any atom is -0.304 e. The van der Waals surface area contributed by atoms with E-state index in [1.165, 1.54) is 24.8 Å². The number of nitriles is 1. The first kappa shape index (κ1) is 11.9. The zero-order valence-electron chi connectivity index (χ0n) is 10.2. The molecular formula is C15H18N2. The maximum Gasteiger partial charge on any atom is 0.0991 e. The van der Waals surface area contributed by atoms with Crippen molar-refractivity contribution in [3.05, 3.63) is 47.5 Å². The van der Waals surface area contributed by atoms with Crippen LogP contribution in [0, 0.1) is 11.3 Å². The van der Waals surface area contributed by atoms with Gasteiger partial charge in [-0.05, 0) is 43.9 Å². The van der Waals surface area contributed by atoms with Gasteiger partial charge in [-0.3, -0.25) is 0 Å². The summed E-state index contributed by atoms with van der Waals surface area (Å²) in [6.07, 6.45) is 8.23. The molecule has 0 heterocycles. The van der Waals surface area contributed by atoms with Crippen LogP contribution in [0.2, 0.25) is 0 Å². The molecule has 0 saturated carbocycles. The molecule has 1 aromatic carbocycles. The zero-order chi connectivity index (χ0) is 12.1. The molecule has 0 aliphatic heterocycles. The van der Waals surface area contributed by atoms with Crippen molar-refractivity contribution in [1.82, 2.24) is 5.32 Å². The summed E-state index contributed by atoms with van der Waals surface area (Å²) in [7, 11) is 0. The van der Waals surface area contributed by atoms with Gasteiger partial charge in [0, 0.05) is 12.1 Å². The molecule has 1 aromatic rings. The molecule has 2 unspecified atom stereocenters. The number of allylic oxidation sites excluding steroid dienone is 1. The molecule has 0 saturated heterocycles. The first-order valence-electron chi connectivity index (χ1n) is 6.22. The first-order chi connectivity index (χ1) is 8.29. The smallest absolute Gasteiger partial charge is 0.0991 e. The van der Waals surface area contributed by atoms with E-state index in [1.807, 2.05) is 24.3 Å². The van der Waals surface area contributed by atoms with Crippen LogP contribution in [0.3, 0.4) is 0 Å². The molecule has 88 valence electrons. The van der Waals surface area contributed by atoms with Gasteiger partial charge in [-0.1, -0.05) is 24.3 Å². The molecule has 17 heavy (non-hydrogen) atoms.